The number of nitrogens with zero attached hydrogens (tertiary/aromatic N) is 1. The van der Waals surface area contributed by atoms with Crippen LogP contribution < -0.4 is 11.1 Å². The van der Waals surface area contributed by atoms with Crippen molar-refractivity contribution in [1.82, 2.24) is 10.2 Å². The molecule has 1 amide bonds. The molecule has 2 rings (SSSR count). The van der Waals surface area contributed by atoms with Gasteiger partial charge in [0.05, 0.1) is 0 Å². The lowest BCUT2D eigenvalue weighted by Gasteiger charge is -2.33. The van der Waals surface area contributed by atoms with Crippen molar-refractivity contribution in [2.24, 2.45) is 5.73 Å². The number of nitrogens with one attached hydrogen (secondary N) is 1. The highest BCUT2D eigenvalue weighted by Gasteiger charge is 2.31. The van der Waals surface area contributed by atoms with Crippen molar-refractivity contribution in [2.45, 2.75) is 62.9 Å². The molecule has 3 N–H and O–H groups in total. The summed E-state index contributed by atoms with van der Waals surface area (Å²) in [6.45, 7) is 1.94. The monoisotopic (exact) mass is 253 g/mol. The molecule has 0 aromatic carbocycles. The summed E-state index contributed by atoms with van der Waals surface area (Å²) in [5.41, 5.74) is 6.01. The van der Waals surface area contributed by atoms with Gasteiger partial charge in [-0.3, -0.25) is 4.79 Å². The maximum atomic E-state index is 11.9. The molecule has 2 aliphatic rings. The van der Waals surface area contributed by atoms with Crippen molar-refractivity contribution < 1.29 is 4.79 Å². The van der Waals surface area contributed by atoms with E-state index in [1.807, 2.05) is 0 Å². The van der Waals surface area contributed by atoms with Gasteiger partial charge in [-0.15, -0.1) is 0 Å². The van der Waals surface area contributed by atoms with E-state index in [1.165, 1.54) is 32.1 Å². The Hall–Kier alpha value is -0.610. The van der Waals surface area contributed by atoms with E-state index in [4.69, 9.17) is 5.73 Å². The molecule has 104 valence electrons. The number of hydrogen-bond donors (Lipinski definition) is 2. The highest BCUT2D eigenvalue weighted by atomic mass is 16.1. The van der Waals surface area contributed by atoms with Crippen LogP contribution in [0.1, 0.15) is 51.4 Å². The number of carbonyl (C=O) groups excluding carboxylic acids is 1. The summed E-state index contributed by atoms with van der Waals surface area (Å²) >= 11 is 0. The van der Waals surface area contributed by atoms with Crippen LogP contribution in [0.15, 0.2) is 0 Å². The number of piperidine rings is 1. The van der Waals surface area contributed by atoms with Crippen molar-refractivity contribution in [3.05, 3.63) is 0 Å². The quantitative estimate of drug-likeness (QED) is 0.793. The van der Waals surface area contributed by atoms with Gasteiger partial charge in [0.2, 0.25) is 5.91 Å². The Bertz CT molecular complexity index is 287. The fraction of sp³-hybridized carbons (Fsp3) is 0.929. The first-order chi connectivity index (χ1) is 8.59. The SMILES string of the molecule is CN1CCCCC1CNC(=O)CC1(N)CCCC1. The zero-order valence-corrected chi connectivity index (χ0v) is 11.6. The molecule has 2 fully saturated rings. The van der Waals surface area contributed by atoms with Gasteiger partial charge in [-0.1, -0.05) is 19.3 Å². The van der Waals surface area contributed by atoms with Gasteiger partial charge in [0, 0.05) is 24.5 Å². The molecule has 1 saturated carbocycles. The summed E-state index contributed by atoms with van der Waals surface area (Å²) < 4.78 is 0. The average Bonchev–Trinajstić information content (AvgIpc) is 2.74. The lowest BCUT2D eigenvalue weighted by molar-refractivity contribution is -0.122. The molecular weight excluding hydrogens is 226 g/mol. The average molecular weight is 253 g/mol. The molecular formula is C14H27N3O. The lowest BCUT2D eigenvalue weighted by atomic mass is 9.94. The van der Waals surface area contributed by atoms with E-state index < -0.39 is 0 Å². The lowest BCUT2D eigenvalue weighted by Crippen LogP contribution is -2.47. The molecule has 1 aliphatic heterocycles. The first-order valence-electron chi connectivity index (χ1n) is 7.35. The van der Waals surface area contributed by atoms with E-state index in [9.17, 15) is 4.79 Å². The zero-order valence-electron chi connectivity index (χ0n) is 11.6. The normalized spacial score (nSPS) is 28.2. The number of nitrogens with two attached hydrogens (primary N) is 1. The predicted molar refractivity (Wildman–Crippen MR) is 73.3 cm³/mol. The molecule has 1 saturated heterocycles. The Balaban J connectivity index is 1.71. The summed E-state index contributed by atoms with van der Waals surface area (Å²) in [5.74, 6) is 0.137. The second-order valence-electron chi connectivity index (χ2n) is 6.18. The first-order valence-corrected chi connectivity index (χ1v) is 7.35. The van der Waals surface area contributed by atoms with Gasteiger partial charge in [0.15, 0.2) is 0 Å². The number of likely N-dealkylation sites (N-methyl/N-ethyl adjacent to an activating group) is 1. The Morgan fingerprint density at radius 2 is 2.06 bits per heavy atom. The van der Waals surface area contributed by atoms with Gasteiger partial charge in [-0.05, 0) is 39.3 Å². The fourth-order valence-electron chi connectivity index (χ4n) is 3.27. The second kappa shape index (κ2) is 6.02. The van der Waals surface area contributed by atoms with Crippen LogP contribution in [-0.2, 0) is 4.79 Å². The third-order valence-electron chi connectivity index (χ3n) is 4.57. The van der Waals surface area contributed by atoms with E-state index in [2.05, 4.69) is 17.3 Å². The molecule has 1 heterocycles. The second-order valence-corrected chi connectivity index (χ2v) is 6.18. The minimum atomic E-state index is -0.220. The van der Waals surface area contributed by atoms with E-state index in [-0.39, 0.29) is 11.4 Å². The third-order valence-corrected chi connectivity index (χ3v) is 4.57. The molecule has 1 unspecified atom stereocenters. The minimum absolute atomic E-state index is 0.137. The van der Waals surface area contributed by atoms with Crippen LogP contribution in [0.5, 0.6) is 0 Å². The topological polar surface area (TPSA) is 58.4 Å². The largest absolute Gasteiger partial charge is 0.354 e. The van der Waals surface area contributed by atoms with Crippen LogP contribution in [0.2, 0.25) is 0 Å². The molecule has 1 aliphatic carbocycles. The van der Waals surface area contributed by atoms with Gasteiger partial charge in [-0.25, -0.2) is 0 Å². The van der Waals surface area contributed by atoms with Crippen molar-refractivity contribution in [3.63, 3.8) is 0 Å². The number of carbonyl (C=O) groups is 1. The summed E-state index contributed by atoms with van der Waals surface area (Å²) in [7, 11) is 2.15. The van der Waals surface area contributed by atoms with E-state index in [0.29, 0.717) is 12.5 Å². The van der Waals surface area contributed by atoms with Crippen molar-refractivity contribution in [3.8, 4) is 0 Å². The molecule has 0 spiro atoms. The third kappa shape index (κ3) is 3.69. The summed E-state index contributed by atoms with van der Waals surface area (Å²) in [5, 5.41) is 3.07. The molecule has 4 heteroatoms. The van der Waals surface area contributed by atoms with Crippen LogP contribution in [-0.4, -0.2) is 42.5 Å². The molecule has 0 aromatic rings. The summed E-state index contributed by atoms with van der Waals surface area (Å²) in [4.78, 5) is 14.3. The Morgan fingerprint density at radius 1 is 1.33 bits per heavy atom. The van der Waals surface area contributed by atoms with E-state index >= 15 is 0 Å². The number of likely N-dealkylation sites (tertiary alicyclic amines) is 1. The zero-order chi connectivity index (χ0) is 13.0. The molecule has 18 heavy (non-hydrogen) atoms. The van der Waals surface area contributed by atoms with Crippen molar-refractivity contribution in [2.75, 3.05) is 20.1 Å². The fourth-order valence-corrected chi connectivity index (χ4v) is 3.27. The summed E-state index contributed by atoms with van der Waals surface area (Å²) in [6, 6.07) is 0.514. The Morgan fingerprint density at radius 3 is 2.72 bits per heavy atom. The Kier molecular flexibility index (Phi) is 4.62. The van der Waals surface area contributed by atoms with E-state index in [0.717, 1.165) is 25.9 Å². The van der Waals surface area contributed by atoms with Crippen molar-refractivity contribution in [1.29, 1.82) is 0 Å². The highest BCUT2D eigenvalue weighted by Crippen LogP contribution is 2.29. The molecule has 1 atom stereocenters. The summed E-state index contributed by atoms with van der Waals surface area (Å²) in [6.07, 6.45) is 8.63. The maximum absolute atomic E-state index is 11.9. The van der Waals surface area contributed by atoms with Crippen LogP contribution >= 0.6 is 0 Å². The first kappa shape index (κ1) is 13.8. The maximum Gasteiger partial charge on any atom is 0.221 e. The van der Waals surface area contributed by atoms with E-state index in [1.54, 1.807) is 0 Å². The molecule has 0 aromatic heterocycles. The highest BCUT2D eigenvalue weighted by molar-refractivity contribution is 5.77. The van der Waals surface area contributed by atoms with Crippen LogP contribution in [0.4, 0.5) is 0 Å². The number of rotatable bonds is 4. The number of amides is 1. The van der Waals surface area contributed by atoms with Crippen molar-refractivity contribution >= 4 is 5.91 Å². The van der Waals surface area contributed by atoms with Crippen LogP contribution in [0.25, 0.3) is 0 Å². The van der Waals surface area contributed by atoms with Gasteiger partial charge >= 0.3 is 0 Å². The smallest absolute Gasteiger partial charge is 0.221 e. The van der Waals surface area contributed by atoms with Gasteiger partial charge in [0.25, 0.3) is 0 Å². The molecule has 0 radical (unpaired) electrons. The van der Waals surface area contributed by atoms with Gasteiger partial charge in [0.1, 0.15) is 0 Å². The number of hydrogen-bond acceptors (Lipinski definition) is 3. The molecule has 4 nitrogen and oxygen atoms in total. The van der Waals surface area contributed by atoms with Crippen LogP contribution in [0, 0.1) is 0 Å². The predicted octanol–water partition coefficient (Wildman–Crippen LogP) is 1.25. The van der Waals surface area contributed by atoms with Gasteiger partial charge < -0.3 is 16.0 Å². The Labute approximate surface area is 110 Å². The van der Waals surface area contributed by atoms with Crippen LogP contribution in [0.3, 0.4) is 0 Å². The molecule has 0 bridgehead atoms. The minimum Gasteiger partial charge on any atom is -0.354 e. The van der Waals surface area contributed by atoms with Gasteiger partial charge in [-0.2, -0.15) is 0 Å². The standard InChI is InChI=1S/C14H27N3O/c1-17-9-5-2-6-12(17)11-16-13(18)10-14(15)7-3-4-8-14/h12H,2-11,15H2,1H3,(H,16,18).